The SMILES string of the molecule is N#CC1CN(S(=O)(=O)c2cccc(C(=O)N3CCC[C@@H]3C(=O)NCc3ncc(Cl)s3)c2)C1. The highest BCUT2D eigenvalue weighted by molar-refractivity contribution is 7.89. The monoisotopic (exact) mass is 493 g/mol. The smallest absolute Gasteiger partial charge is 0.254 e. The molecule has 0 bridgehead atoms. The van der Waals surface area contributed by atoms with Crippen LogP contribution in [0.2, 0.25) is 4.34 Å². The second kappa shape index (κ2) is 9.15. The Morgan fingerprint density at radius 3 is 2.81 bits per heavy atom. The van der Waals surface area contributed by atoms with Gasteiger partial charge < -0.3 is 10.2 Å². The molecule has 2 aliphatic heterocycles. The lowest BCUT2D eigenvalue weighted by atomic mass is 10.1. The Balaban J connectivity index is 1.45. The topological polar surface area (TPSA) is 123 Å². The molecule has 2 fully saturated rings. The first-order chi connectivity index (χ1) is 15.3. The normalized spacial score (nSPS) is 19.4. The van der Waals surface area contributed by atoms with Gasteiger partial charge in [0, 0.05) is 25.2 Å². The fourth-order valence-electron chi connectivity index (χ4n) is 3.75. The van der Waals surface area contributed by atoms with Crippen molar-refractivity contribution in [2.45, 2.75) is 30.3 Å². The maximum absolute atomic E-state index is 13.1. The van der Waals surface area contributed by atoms with Crippen molar-refractivity contribution in [1.82, 2.24) is 19.5 Å². The van der Waals surface area contributed by atoms with Gasteiger partial charge in [0.2, 0.25) is 15.9 Å². The molecule has 9 nitrogen and oxygen atoms in total. The molecule has 1 atom stereocenters. The minimum atomic E-state index is -3.78. The van der Waals surface area contributed by atoms with Crippen molar-refractivity contribution in [3.8, 4) is 6.07 Å². The van der Waals surface area contributed by atoms with E-state index < -0.39 is 22.0 Å². The number of thiazole rings is 1. The molecule has 1 aromatic heterocycles. The Morgan fingerprint density at radius 1 is 1.34 bits per heavy atom. The molecular formula is C20H20ClN5O4S2. The van der Waals surface area contributed by atoms with Crippen molar-refractivity contribution >= 4 is 44.8 Å². The van der Waals surface area contributed by atoms with Gasteiger partial charge in [-0.2, -0.15) is 9.57 Å². The van der Waals surface area contributed by atoms with Crippen molar-refractivity contribution in [3.05, 3.63) is 45.4 Å². The molecule has 168 valence electrons. The number of halogens is 1. The molecular weight excluding hydrogens is 474 g/mol. The summed E-state index contributed by atoms with van der Waals surface area (Å²) < 4.78 is 27.3. The van der Waals surface area contributed by atoms with Crippen molar-refractivity contribution in [3.63, 3.8) is 0 Å². The van der Waals surface area contributed by atoms with Crippen LogP contribution in [-0.4, -0.2) is 60.1 Å². The third-order valence-electron chi connectivity index (χ3n) is 5.50. The number of sulfonamides is 1. The standard InChI is InChI=1S/C20H20ClN5O4S2/c21-17-9-23-18(31-17)10-24-19(27)16-5-2-6-26(16)20(28)14-3-1-4-15(7-14)32(29,30)25-11-13(8-22)12-25/h1,3-4,7,9,13,16H,2,5-6,10-12H2,(H,24,27)/t16-/m1/s1. The van der Waals surface area contributed by atoms with Gasteiger partial charge in [0.05, 0.1) is 29.6 Å². The number of amides is 2. The van der Waals surface area contributed by atoms with E-state index in [9.17, 15) is 18.0 Å². The largest absolute Gasteiger partial charge is 0.348 e. The maximum Gasteiger partial charge on any atom is 0.254 e. The van der Waals surface area contributed by atoms with Crippen molar-refractivity contribution in [2.75, 3.05) is 19.6 Å². The summed E-state index contributed by atoms with van der Waals surface area (Å²) in [4.78, 5) is 31.4. The molecule has 1 N–H and O–H groups in total. The van der Waals surface area contributed by atoms with E-state index in [1.54, 1.807) is 6.07 Å². The summed E-state index contributed by atoms with van der Waals surface area (Å²) in [5.74, 6) is -0.983. The van der Waals surface area contributed by atoms with Gasteiger partial charge in [-0.25, -0.2) is 13.4 Å². The van der Waals surface area contributed by atoms with Crippen LogP contribution in [0.3, 0.4) is 0 Å². The number of carbonyl (C=O) groups excluding carboxylic acids is 2. The lowest BCUT2D eigenvalue weighted by Crippen LogP contribution is -2.49. The zero-order chi connectivity index (χ0) is 22.9. The molecule has 1 aromatic carbocycles. The molecule has 2 amide bonds. The second-order valence-electron chi connectivity index (χ2n) is 7.61. The molecule has 32 heavy (non-hydrogen) atoms. The summed E-state index contributed by atoms with van der Waals surface area (Å²) in [6, 6.07) is 7.23. The third kappa shape index (κ3) is 4.49. The molecule has 2 saturated heterocycles. The Labute approximate surface area is 194 Å². The lowest BCUT2D eigenvalue weighted by molar-refractivity contribution is -0.125. The van der Waals surface area contributed by atoms with Gasteiger partial charge >= 0.3 is 0 Å². The highest BCUT2D eigenvalue weighted by Gasteiger charge is 2.38. The number of nitriles is 1. The summed E-state index contributed by atoms with van der Waals surface area (Å²) in [5, 5.41) is 12.4. The summed E-state index contributed by atoms with van der Waals surface area (Å²) in [6.45, 7) is 0.931. The van der Waals surface area contributed by atoms with E-state index >= 15 is 0 Å². The number of rotatable bonds is 6. The van der Waals surface area contributed by atoms with E-state index in [-0.39, 0.29) is 41.9 Å². The van der Waals surface area contributed by atoms with Gasteiger partial charge in [0.15, 0.2) is 0 Å². The maximum atomic E-state index is 13.1. The van der Waals surface area contributed by atoms with Crippen LogP contribution in [0, 0.1) is 17.2 Å². The van der Waals surface area contributed by atoms with Gasteiger partial charge in [-0.1, -0.05) is 17.7 Å². The van der Waals surface area contributed by atoms with Crippen molar-refractivity contribution < 1.29 is 18.0 Å². The fraction of sp³-hybridized carbons (Fsp3) is 0.400. The molecule has 2 aromatic rings. The minimum Gasteiger partial charge on any atom is -0.348 e. The van der Waals surface area contributed by atoms with Crippen molar-refractivity contribution in [2.24, 2.45) is 5.92 Å². The first-order valence-corrected chi connectivity index (χ1v) is 12.6. The predicted molar refractivity (Wildman–Crippen MR) is 117 cm³/mol. The Morgan fingerprint density at radius 2 is 2.12 bits per heavy atom. The van der Waals surface area contributed by atoms with Crippen LogP contribution in [0.1, 0.15) is 28.2 Å². The first-order valence-electron chi connectivity index (χ1n) is 9.98. The van der Waals surface area contributed by atoms with Gasteiger partial charge in [-0.15, -0.1) is 11.3 Å². The number of nitrogens with one attached hydrogen (secondary N) is 1. The molecule has 0 unspecified atom stereocenters. The van der Waals surface area contributed by atoms with Gasteiger partial charge in [0.25, 0.3) is 5.91 Å². The summed E-state index contributed by atoms with van der Waals surface area (Å²) in [5.41, 5.74) is 0.204. The third-order valence-corrected chi connectivity index (χ3v) is 8.45. The number of nitrogens with zero attached hydrogens (tertiary/aromatic N) is 4. The number of aromatic nitrogens is 1. The quantitative estimate of drug-likeness (QED) is 0.655. The van der Waals surface area contributed by atoms with E-state index in [1.165, 1.54) is 44.9 Å². The summed E-state index contributed by atoms with van der Waals surface area (Å²) >= 11 is 7.13. The molecule has 0 spiro atoms. The average Bonchev–Trinajstić information content (AvgIpc) is 3.40. The molecule has 0 aliphatic carbocycles. The Bertz CT molecular complexity index is 1190. The number of carbonyl (C=O) groups is 2. The molecule has 3 heterocycles. The van der Waals surface area contributed by atoms with Gasteiger partial charge in [-0.05, 0) is 31.0 Å². The van der Waals surface area contributed by atoms with E-state index in [1.807, 2.05) is 6.07 Å². The van der Waals surface area contributed by atoms with Crippen LogP contribution in [0.5, 0.6) is 0 Å². The van der Waals surface area contributed by atoms with Gasteiger partial charge in [-0.3, -0.25) is 9.59 Å². The van der Waals surface area contributed by atoms with Crippen molar-refractivity contribution in [1.29, 1.82) is 5.26 Å². The predicted octanol–water partition coefficient (Wildman–Crippen LogP) is 1.86. The minimum absolute atomic E-state index is 0.000543. The molecule has 4 rings (SSSR count). The molecule has 0 radical (unpaired) electrons. The summed E-state index contributed by atoms with van der Waals surface area (Å²) in [6.07, 6.45) is 2.71. The number of likely N-dealkylation sites (tertiary alicyclic amines) is 1. The molecule has 2 aliphatic rings. The molecule has 12 heteroatoms. The number of hydrogen-bond acceptors (Lipinski definition) is 7. The second-order valence-corrected chi connectivity index (χ2v) is 11.3. The lowest BCUT2D eigenvalue weighted by Gasteiger charge is -2.34. The van der Waals surface area contributed by atoms with Crippen LogP contribution in [-0.2, 0) is 21.4 Å². The van der Waals surface area contributed by atoms with Crippen LogP contribution in [0.15, 0.2) is 35.4 Å². The highest BCUT2D eigenvalue weighted by atomic mass is 35.5. The van der Waals surface area contributed by atoms with E-state index in [0.717, 1.165) is 0 Å². The first kappa shape index (κ1) is 22.7. The Kier molecular flexibility index (Phi) is 6.48. The zero-order valence-electron chi connectivity index (χ0n) is 16.9. The van der Waals surface area contributed by atoms with E-state index in [2.05, 4.69) is 10.3 Å². The van der Waals surface area contributed by atoms with E-state index in [4.69, 9.17) is 16.9 Å². The van der Waals surface area contributed by atoms with Crippen LogP contribution >= 0.6 is 22.9 Å². The van der Waals surface area contributed by atoms with Crippen LogP contribution in [0.4, 0.5) is 0 Å². The summed E-state index contributed by atoms with van der Waals surface area (Å²) in [7, 11) is -3.78. The number of benzene rings is 1. The van der Waals surface area contributed by atoms with Crippen LogP contribution < -0.4 is 5.32 Å². The van der Waals surface area contributed by atoms with E-state index in [0.29, 0.717) is 28.7 Å². The molecule has 0 saturated carbocycles. The average molecular weight is 494 g/mol. The van der Waals surface area contributed by atoms with Gasteiger partial charge in [0.1, 0.15) is 15.4 Å². The van der Waals surface area contributed by atoms with Crippen LogP contribution in [0.25, 0.3) is 0 Å². The fourth-order valence-corrected chi connectivity index (χ4v) is 6.23. The highest BCUT2D eigenvalue weighted by Crippen LogP contribution is 2.27. The zero-order valence-corrected chi connectivity index (χ0v) is 19.3. The number of hydrogen-bond donors (Lipinski definition) is 1. The Hall–Kier alpha value is -2.52.